The summed E-state index contributed by atoms with van der Waals surface area (Å²) in [6.07, 6.45) is 21.2. The minimum absolute atomic E-state index is 0.254. The van der Waals surface area contributed by atoms with Crippen molar-refractivity contribution < 1.29 is 19.7 Å². The molecule has 3 atom stereocenters. The molecule has 0 aliphatic carbocycles. The minimum Gasteiger partial charge on any atom is -0.459 e. The Labute approximate surface area is 172 Å². The molecule has 1 heterocycles. The predicted molar refractivity (Wildman–Crippen MR) is 115 cm³/mol. The van der Waals surface area contributed by atoms with Gasteiger partial charge in [0.25, 0.3) is 0 Å². The molecule has 0 amide bonds. The molecule has 4 heteroatoms. The number of carbonyl (C=O) groups is 1. The molecule has 0 saturated heterocycles. The van der Waals surface area contributed by atoms with Crippen molar-refractivity contribution >= 4 is 5.97 Å². The number of ether oxygens (including phenoxy) is 1. The van der Waals surface area contributed by atoms with Crippen LogP contribution in [0.5, 0.6) is 0 Å². The molecule has 1 rings (SSSR count). The molecule has 0 aromatic rings. The summed E-state index contributed by atoms with van der Waals surface area (Å²) in [6, 6.07) is 0. The number of rotatable bonds is 18. The zero-order valence-corrected chi connectivity index (χ0v) is 18.1. The van der Waals surface area contributed by atoms with Crippen molar-refractivity contribution in [1.82, 2.24) is 0 Å². The van der Waals surface area contributed by atoms with Crippen LogP contribution in [-0.4, -0.2) is 34.5 Å². The molecule has 1 aliphatic heterocycles. The highest BCUT2D eigenvalue weighted by Gasteiger charge is 2.21. The summed E-state index contributed by atoms with van der Waals surface area (Å²) in [5, 5.41) is 20.2. The van der Waals surface area contributed by atoms with E-state index in [2.05, 4.69) is 6.92 Å². The van der Waals surface area contributed by atoms with E-state index in [1.54, 1.807) is 6.08 Å². The average Bonchev–Trinajstić information content (AvgIpc) is 2.65. The standard InChI is InChI=1S/C24H44O4/c1-2-3-4-5-6-7-8-9-10-11-12-13-14-16-21(25)19-22(26)20-23-17-15-18-24(27)28-23/h15,18,21-23,25-26H,2-14,16-17,19-20H2,1H3/t21-,22-,23+/m0/s1. The van der Waals surface area contributed by atoms with E-state index >= 15 is 0 Å². The lowest BCUT2D eigenvalue weighted by molar-refractivity contribution is -0.145. The lowest BCUT2D eigenvalue weighted by Crippen LogP contribution is -2.27. The van der Waals surface area contributed by atoms with E-state index in [0.717, 1.165) is 19.3 Å². The molecule has 164 valence electrons. The van der Waals surface area contributed by atoms with Crippen molar-refractivity contribution in [3.05, 3.63) is 12.2 Å². The Morgan fingerprint density at radius 2 is 1.43 bits per heavy atom. The van der Waals surface area contributed by atoms with Crippen LogP contribution in [0.25, 0.3) is 0 Å². The molecular weight excluding hydrogens is 352 g/mol. The van der Waals surface area contributed by atoms with E-state index in [1.807, 2.05) is 0 Å². The van der Waals surface area contributed by atoms with Gasteiger partial charge < -0.3 is 14.9 Å². The first-order chi connectivity index (χ1) is 13.6. The Morgan fingerprint density at radius 3 is 1.96 bits per heavy atom. The molecule has 0 aromatic carbocycles. The van der Waals surface area contributed by atoms with Gasteiger partial charge in [0.2, 0.25) is 0 Å². The first-order valence-electron chi connectivity index (χ1n) is 11.8. The van der Waals surface area contributed by atoms with E-state index in [4.69, 9.17) is 4.74 Å². The second kappa shape index (κ2) is 17.0. The van der Waals surface area contributed by atoms with Crippen LogP contribution in [-0.2, 0) is 9.53 Å². The van der Waals surface area contributed by atoms with Gasteiger partial charge in [-0.05, 0) is 12.8 Å². The topological polar surface area (TPSA) is 66.8 Å². The highest BCUT2D eigenvalue weighted by Crippen LogP contribution is 2.18. The Kier molecular flexibility index (Phi) is 15.3. The van der Waals surface area contributed by atoms with E-state index in [9.17, 15) is 15.0 Å². The van der Waals surface area contributed by atoms with Crippen LogP contribution in [0, 0.1) is 0 Å². The summed E-state index contributed by atoms with van der Waals surface area (Å²) in [5.74, 6) is -0.337. The molecule has 0 unspecified atom stereocenters. The second-order valence-corrected chi connectivity index (χ2v) is 8.51. The Morgan fingerprint density at radius 1 is 0.893 bits per heavy atom. The molecule has 0 radical (unpaired) electrons. The molecular formula is C24H44O4. The van der Waals surface area contributed by atoms with Crippen LogP contribution < -0.4 is 0 Å². The highest BCUT2D eigenvalue weighted by molar-refractivity contribution is 5.82. The van der Waals surface area contributed by atoms with Gasteiger partial charge >= 0.3 is 5.97 Å². The summed E-state index contributed by atoms with van der Waals surface area (Å²) in [7, 11) is 0. The fourth-order valence-electron chi connectivity index (χ4n) is 3.94. The predicted octanol–water partition coefficient (Wildman–Crippen LogP) is 5.84. The van der Waals surface area contributed by atoms with Gasteiger partial charge in [0.15, 0.2) is 0 Å². The van der Waals surface area contributed by atoms with E-state index in [1.165, 1.54) is 76.7 Å². The number of aliphatic hydroxyl groups excluding tert-OH is 2. The van der Waals surface area contributed by atoms with Crippen LogP contribution in [0.1, 0.15) is 116 Å². The van der Waals surface area contributed by atoms with E-state index < -0.39 is 12.2 Å². The lowest BCUT2D eigenvalue weighted by Gasteiger charge is -2.22. The van der Waals surface area contributed by atoms with Gasteiger partial charge in [0.05, 0.1) is 12.2 Å². The number of cyclic esters (lactones) is 1. The Bertz CT molecular complexity index is 407. The van der Waals surface area contributed by atoms with Gasteiger partial charge in [-0.1, -0.05) is 96.5 Å². The molecule has 0 saturated carbocycles. The van der Waals surface area contributed by atoms with Crippen molar-refractivity contribution in [2.45, 2.75) is 134 Å². The minimum atomic E-state index is -0.610. The molecule has 0 spiro atoms. The van der Waals surface area contributed by atoms with Crippen molar-refractivity contribution in [2.24, 2.45) is 0 Å². The molecule has 4 nitrogen and oxygen atoms in total. The van der Waals surface area contributed by atoms with Gasteiger partial charge in [0.1, 0.15) is 6.10 Å². The summed E-state index contributed by atoms with van der Waals surface area (Å²) in [6.45, 7) is 2.26. The summed E-state index contributed by atoms with van der Waals surface area (Å²) in [4.78, 5) is 11.2. The third-order valence-corrected chi connectivity index (χ3v) is 5.66. The number of carbonyl (C=O) groups excluding carboxylic acids is 1. The number of hydrogen-bond donors (Lipinski definition) is 2. The molecule has 0 fully saturated rings. The summed E-state index contributed by atoms with van der Waals surface area (Å²) >= 11 is 0. The van der Waals surface area contributed by atoms with Crippen molar-refractivity contribution in [3.63, 3.8) is 0 Å². The maximum absolute atomic E-state index is 11.2. The van der Waals surface area contributed by atoms with Crippen LogP contribution in [0.2, 0.25) is 0 Å². The average molecular weight is 397 g/mol. The number of hydrogen-bond acceptors (Lipinski definition) is 4. The van der Waals surface area contributed by atoms with Gasteiger partial charge in [-0.15, -0.1) is 0 Å². The van der Waals surface area contributed by atoms with Gasteiger partial charge in [0, 0.05) is 18.9 Å². The molecule has 0 bridgehead atoms. The smallest absolute Gasteiger partial charge is 0.330 e. The lowest BCUT2D eigenvalue weighted by atomic mass is 9.99. The first kappa shape index (κ1) is 25.2. The van der Waals surface area contributed by atoms with Crippen LogP contribution in [0.15, 0.2) is 12.2 Å². The fourth-order valence-corrected chi connectivity index (χ4v) is 3.94. The van der Waals surface area contributed by atoms with Gasteiger partial charge in [-0.3, -0.25) is 0 Å². The second-order valence-electron chi connectivity index (χ2n) is 8.51. The third-order valence-electron chi connectivity index (χ3n) is 5.66. The number of esters is 1. The fraction of sp³-hybridized carbons (Fsp3) is 0.875. The maximum atomic E-state index is 11.2. The monoisotopic (exact) mass is 396 g/mol. The van der Waals surface area contributed by atoms with Crippen molar-refractivity contribution in [1.29, 1.82) is 0 Å². The summed E-state index contributed by atoms with van der Waals surface area (Å²) in [5.41, 5.74) is 0. The van der Waals surface area contributed by atoms with Crippen molar-refractivity contribution in [2.75, 3.05) is 0 Å². The largest absolute Gasteiger partial charge is 0.459 e. The van der Waals surface area contributed by atoms with Crippen LogP contribution >= 0.6 is 0 Å². The molecule has 1 aliphatic rings. The number of aliphatic hydroxyl groups is 2. The maximum Gasteiger partial charge on any atom is 0.330 e. The highest BCUT2D eigenvalue weighted by atomic mass is 16.5. The Hall–Kier alpha value is -0.870. The zero-order valence-electron chi connectivity index (χ0n) is 18.1. The molecule has 2 N–H and O–H groups in total. The van der Waals surface area contributed by atoms with Crippen molar-refractivity contribution in [3.8, 4) is 0 Å². The van der Waals surface area contributed by atoms with Crippen LogP contribution in [0.3, 0.4) is 0 Å². The normalized spacial score (nSPS) is 18.8. The van der Waals surface area contributed by atoms with Crippen LogP contribution in [0.4, 0.5) is 0 Å². The number of unbranched alkanes of at least 4 members (excludes halogenated alkanes) is 12. The summed E-state index contributed by atoms with van der Waals surface area (Å²) < 4.78 is 5.15. The van der Waals surface area contributed by atoms with E-state index in [0.29, 0.717) is 19.3 Å². The zero-order chi connectivity index (χ0) is 20.5. The Balaban J connectivity index is 1.86. The first-order valence-corrected chi connectivity index (χ1v) is 11.8. The molecule has 0 aromatic heterocycles. The molecule has 28 heavy (non-hydrogen) atoms. The quantitative estimate of drug-likeness (QED) is 0.225. The van der Waals surface area contributed by atoms with E-state index in [-0.39, 0.29) is 12.1 Å². The van der Waals surface area contributed by atoms with Gasteiger partial charge in [-0.2, -0.15) is 0 Å². The van der Waals surface area contributed by atoms with Gasteiger partial charge in [-0.25, -0.2) is 4.79 Å². The SMILES string of the molecule is CCCCCCCCCCCCCCC[C@H](O)C[C@H](O)C[C@H]1CC=CC(=O)O1. The third kappa shape index (κ3) is 14.2.